The standard InChI is InChI=1S/C10H14F4N2O3/c1-9(7(17)18,5-2-3-5)16-8(19)15-4-10(13,14)6(11)12/h5-6H,2-4H2,1H3,(H,17,18)(H2,15,16,19). The maximum Gasteiger partial charge on any atom is 0.329 e. The number of nitrogens with one attached hydrogen (secondary N) is 2. The minimum absolute atomic E-state index is 0.286. The van der Waals surface area contributed by atoms with Crippen LogP contribution in [0.4, 0.5) is 22.4 Å². The third-order valence-corrected chi connectivity index (χ3v) is 3.02. The van der Waals surface area contributed by atoms with Crippen LogP contribution in [0.15, 0.2) is 0 Å². The van der Waals surface area contributed by atoms with Crippen molar-refractivity contribution >= 4 is 12.0 Å². The number of amides is 2. The van der Waals surface area contributed by atoms with Crippen LogP contribution in [0.5, 0.6) is 0 Å². The van der Waals surface area contributed by atoms with Crippen molar-refractivity contribution in [2.24, 2.45) is 5.92 Å². The van der Waals surface area contributed by atoms with Gasteiger partial charge in [-0.3, -0.25) is 0 Å². The van der Waals surface area contributed by atoms with E-state index in [9.17, 15) is 27.2 Å². The first-order valence-corrected chi connectivity index (χ1v) is 5.55. The molecule has 1 aliphatic carbocycles. The Morgan fingerprint density at radius 3 is 2.26 bits per heavy atom. The highest BCUT2D eigenvalue weighted by molar-refractivity contribution is 5.86. The average molecular weight is 286 g/mol. The number of rotatable bonds is 6. The van der Waals surface area contributed by atoms with Crippen LogP contribution >= 0.6 is 0 Å². The monoisotopic (exact) mass is 286 g/mol. The minimum Gasteiger partial charge on any atom is -0.480 e. The Labute approximate surface area is 106 Å². The Morgan fingerprint density at radius 2 is 1.89 bits per heavy atom. The molecule has 0 aromatic carbocycles. The van der Waals surface area contributed by atoms with Gasteiger partial charge in [0.2, 0.25) is 0 Å². The number of carboxylic acids is 1. The Morgan fingerprint density at radius 1 is 1.37 bits per heavy atom. The van der Waals surface area contributed by atoms with Gasteiger partial charge in [-0.05, 0) is 25.7 Å². The molecule has 1 fully saturated rings. The number of aliphatic carboxylic acids is 1. The number of hydrogen-bond acceptors (Lipinski definition) is 2. The van der Waals surface area contributed by atoms with E-state index in [0.717, 1.165) is 0 Å². The molecule has 110 valence electrons. The zero-order chi connectivity index (χ0) is 14.8. The fourth-order valence-corrected chi connectivity index (χ4v) is 1.55. The fraction of sp³-hybridized carbons (Fsp3) is 0.800. The summed E-state index contributed by atoms with van der Waals surface area (Å²) in [7, 11) is 0. The topological polar surface area (TPSA) is 78.4 Å². The van der Waals surface area contributed by atoms with Gasteiger partial charge in [0.15, 0.2) is 0 Å². The number of carboxylic acid groups (broad SMARTS) is 1. The maximum absolute atomic E-state index is 12.6. The summed E-state index contributed by atoms with van der Waals surface area (Å²) < 4.78 is 48.8. The lowest BCUT2D eigenvalue weighted by molar-refractivity contribution is -0.144. The molecule has 0 aromatic heterocycles. The van der Waals surface area contributed by atoms with Crippen molar-refractivity contribution in [3.8, 4) is 0 Å². The van der Waals surface area contributed by atoms with Gasteiger partial charge in [0.05, 0.1) is 6.54 Å². The predicted octanol–water partition coefficient (Wildman–Crippen LogP) is 1.44. The van der Waals surface area contributed by atoms with Crippen molar-refractivity contribution in [2.75, 3.05) is 6.54 Å². The molecule has 3 N–H and O–H groups in total. The molecule has 1 atom stereocenters. The van der Waals surface area contributed by atoms with E-state index >= 15 is 0 Å². The Balaban J connectivity index is 2.53. The molecule has 5 nitrogen and oxygen atoms in total. The lowest BCUT2D eigenvalue weighted by atomic mass is 9.96. The second kappa shape index (κ2) is 5.22. The highest BCUT2D eigenvalue weighted by atomic mass is 19.3. The molecule has 1 unspecified atom stereocenters. The molecule has 9 heteroatoms. The first-order valence-electron chi connectivity index (χ1n) is 5.55. The lowest BCUT2D eigenvalue weighted by Gasteiger charge is -2.26. The van der Waals surface area contributed by atoms with Gasteiger partial charge in [0, 0.05) is 0 Å². The van der Waals surface area contributed by atoms with Crippen molar-refractivity contribution in [2.45, 2.75) is 37.7 Å². The summed E-state index contributed by atoms with van der Waals surface area (Å²) in [6.07, 6.45) is -2.71. The van der Waals surface area contributed by atoms with Crippen LogP contribution < -0.4 is 10.6 Å². The van der Waals surface area contributed by atoms with Crippen molar-refractivity contribution < 1.29 is 32.3 Å². The van der Waals surface area contributed by atoms with E-state index in [-0.39, 0.29) is 5.92 Å². The van der Waals surface area contributed by atoms with Crippen molar-refractivity contribution in [3.63, 3.8) is 0 Å². The minimum atomic E-state index is -4.35. The summed E-state index contributed by atoms with van der Waals surface area (Å²) in [5.74, 6) is -5.94. The van der Waals surface area contributed by atoms with Gasteiger partial charge < -0.3 is 15.7 Å². The van der Waals surface area contributed by atoms with E-state index < -0.39 is 36.4 Å². The van der Waals surface area contributed by atoms with E-state index in [0.29, 0.717) is 12.8 Å². The van der Waals surface area contributed by atoms with Gasteiger partial charge in [-0.25, -0.2) is 18.4 Å². The molecule has 1 aliphatic rings. The van der Waals surface area contributed by atoms with E-state index in [1.54, 1.807) is 5.32 Å². The lowest BCUT2D eigenvalue weighted by Crippen LogP contribution is -2.58. The maximum atomic E-state index is 12.6. The molecule has 0 heterocycles. The summed E-state index contributed by atoms with van der Waals surface area (Å²) in [5, 5.41) is 12.6. The highest BCUT2D eigenvalue weighted by Crippen LogP contribution is 2.39. The van der Waals surface area contributed by atoms with Crippen LogP contribution in [0.3, 0.4) is 0 Å². The first-order chi connectivity index (χ1) is 8.59. The third-order valence-electron chi connectivity index (χ3n) is 3.02. The largest absolute Gasteiger partial charge is 0.480 e. The van der Waals surface area contributed by atoms with Crippen molar-refractivity contribution in [1.29, 1.82) is 0 Å². The van der Waals surface area contributed by atoms with E-state index in [1.165, 1.54) is 6.92 Å². The summed E-state index contributed by atoms with van der Waals surface area (Å²) in [6, 6.07) is -1.21. The number of alkyl halides is 4. The molecular formula is C10H14F4N2O3. The molecule has 2 amide bonds. The molecule has 1 rings (SSSR count). The summed E-state index contributed by atoms with van der Waals surface area (Å²) >= 11 is 0. The summed E-state index contributed by atoms with van der Waals surface area (Å²) in [6.45, 7) is -0.311. The SMILES string of the molecule is CC(NC(=O)NCC(F)(F)C(F)F)(C(=O)O)C1CC1. The smallest absolute Gasteiger partial charge is 0.329 e. The summed E-state index contributed by atoms with van der Waals surface area (Å²) in [5.41, 5.74) is -1.58. The van der Waals surface area contributed by atoms with E-state index in [1.807, 2.05) is 5.32 Å². The fourth-order valence-electron chi connectivity index (χ4n) is 1.55. The van der Waals surface area contributed by atoms with Gasteiger partial charge in [0.1, 0.15) is 5.54 Å². The Kier molecular flexibility index (Phi) is 4.26. The third kappa shape index (κ3) is 3.71. The molecule has 19 heavy (non-hydrogen) atoms. The number of halogens is 4. The molecular weight excluding hydrogens is 272 g/mol. The van der Waals surface area contributed by atoms with Crippen molar-refractivity contribution in [1.82, 2.24) is 10.6 Å². The first kappa shape index (κ1) is 15.5. The molecule has 0 bridgehead atoms. The molecule has 0 spiro atoms. The molecule has 0 aromatic rings. The Bertz CT molecular complexity index is 374. The molecule has 0 aliphatic heterocycles. The quantitative estimate of drug-likeness (QED) is 0.646. The normalized spacial score (nSPS) is 18.8. The average Bonchev–Trinajstić information content (AvgIpc) is 3.09. The van der Waals surface area contributed by atoms with Crippen LogP contribution in [0, 0.1) is 5.92 Å². The van der Waals surface area contributed by atoms with Gasteiger partial charge >= 0.3 is 24.3 Å². The number of urea groups is 1. The molecule has 0 saturated heterocycles. The van der Waals surface area contributed by atoms with Gasteiger partial charge in [-0.2, -0.15) is 8.78 Å². The zero-order valence-corrected chi connectivity index (χ0v) is 10.1. The second-order valence-corrected chi connectivity index (χ2v) is 4.65. The van der Waals surface area contributed by atoms with Crippen LogP contribution in [0.2, 0.25) is 0 Å². The number of hydrogen-bond donors (Lipinski definition) is 3. The van der Waals surface area contributed by atoms with E-state index in [2.05, 4.69) is 0 Å². The van der Waals surface area contributed by atoms with Crippen LogP contribution in [0.1, 0.15) is 19.8 Å². The van der Waals surface area contributed by atoms with E-state index in [4.69, 9.17) is 5.11 Å². The van der Waals surface area contributed by atoms with Gasteiger partial charge in [0.25, 0.3) is 0 Å². The number of carbonyl (C=O) groups excluding carboxylic acids is 1. The molecule has 0 radical (unpaired) electrons. The molecule has 1 saturated carbocycles. The predicted molar refractivity (Wildman–Crippen MR) is 56.3 cm³/mol. The van der Waals surface area contributed by atoms with Gasteiger partial charge in [-0.1, -0.05) is 0 Å². The van der Waals surface area contributed by atoms with Crippen molar-refractivity contribution in [3.05, 3.63) is 0 Å². The Hall–Kier alpha value is -1.54. The summed E-state index contributed by atoms with van der Waals surface area (Å²) in [4.78, 5) is 22.3. The highest BCUT2D eigenvalue weighted by Gasteiger charge is 2.49. The zero-order valence-electron chi connectivity index (χ0n) is 10.1. The van der Waals surface area contributed by atoms with Gasteiger partial charge in [-0.15, -0.1) is 0 Å². The van der Waals surface area contributed by atoms with Crippen LogP contribution in [0.25, 0.3) is 0 Å². The number of carbonyl (C=O) groups is 2. The second-order valence-electron chi connectivity index (χ2n) is 4.65. The van der Waals surface area contributed by atoms with Crippen LogP contribution in [-0.2, 0) is 4.79 Å². The van der Waals surface area contributed by atoms with Crippen LogP contribution in [-0.4, -0.2) is 41.5 Å².